The summed E-state index contributed by atoms with van der Waals surface area (Å²) >= 11 is 0. The molecule has 2 aromatic rings. The van der Waals surface area contributed by atoms with Gasteiger partial charge in [-0.15, -0.1) is 0 Å². The minimum absolute atomic E-state index is 0.0893. The number of nitrogens with two attached hydrogens (primary N) is 1. The van der Waals surface area contributed by atoms with Crippen molar-refractivity contribution in [2.45, 2.75) is 12.5 Å². The molecule has 7 heteroatoms. The second-order valence-electron chi connectivity index (χ2n) is 4.38. The van der Waals surface area contributed by atoms with Gasteiger partial charge in [0.05, 0.1) is 5.39 Å². The van der Waals surface area contributed by atoms with Crippen LogP contribution in [0, 0.1) is 0 Å². The molecule has 0 aliphatic carbocycles. The second-order valence-corrected chi connectivity index (χ2v) is 4.38. The SMILES string of the molecule is NC(=O)NC1CCN(c2ncnc3[nH]ccc23)C1. The summed E-state index contributed by atoms with van der Waals surface area (Å²) in [4.78, 5) is 24.5. The molecule has 0 spiro atoms. The number of nitrogens with one attached hydrogen (secondary N) is 2. The van der Waals surface area contributed by atoms with Gasteiger partial charge in [-0.05, 0) is 12.5 Å². The molecular weight excluding hydrogens is 232 g/mol. The Hall–Kier alpha value is -2.31. The monoisotopic (exact) mass is 246 g/mol. The van der Waals surface area contributed by atoms with Gasteiger partial charge in [0.25, 0.3) is 0 Å². The molecule has 1 saturated heterocycles. The third kappa shape index (κ3) is 1.83. The lowest BCUT2D eigenvalue weighted by molar-refractivity contribution is 0.246. The van der Waals surface area contributed by atoms with Crippen LogP contribution in [0.2, 0.25) is 0 Å². The van der Waals surface area contributed by atoms with E-state index >= 15 is 0 Å². The Balaban J connectivity index is 1.84. The van der Waals surface area contributed by atoms with Gasteiger partial charge in [-0.1, -0.05) is 0 Å². The number of amides is 2. The fourth-order valence-corrected chi connectivity index (χ4v) is 2.38. The Kier molecular flexibility index (Phi) is 2.51. The number of carbonyl (C=O) groups excluding carboxylic acids is 1. The molecule has 3 rings (SSSR count). The van der Waals surface area contributed by atoms with Crippen LogP contribution in [0.25, 0.3) is 11.0 Å². The number of fused-ring (bicyclic) bond motifs is 1. The first kappa shape index (κ1) is 10.8. The van der Waals surface area contributed by atoms with Crippen LogP contribution in [0.4, 0.5) is 10.6 Å². The van der Waals surface area contributed by atoms with Crippen LogP contribution in [0.5, 0.6) is 0 Å². The van der Waals surface area contributed by atoms with Crippen LogP contribution in [-0.4, -0.2) is 40.1 Å². The van der Waals surface area contributed by atoms with Crippen molar-refractivity contribution >= 4 is 22.9 Å². The molecule has 1 aliphatic heterocycles. The molecule has 0 aromatic carbocycles. The van der Waals surface area contributed by atoms with Crippen LogP contribution in [0.1, 0.15) is 6.42 Å². The van der Waals surface area contributed by atoms with Gasteiger partial charge in [0.1, 0.15) is 17.8 Å². The minimum Gasteiger partial charge on any atom is -0.354 e. The third-order valence-corrected chi connectivity index (χ3v) is 3.17. The summed E-state index contributed by atoms with van der Waals surface area (Å²) in [7, 11) is 0. The number of urea groups is 1. The number of nitrogens with zero attached hydrogens (tertiary/aromatic N) is 3. The van der Waals surface area contributed by atoms with E-state index in [0.717, 1.165) is 36.4 Å². The Morgan fingerprint density at radius 3 is 3.28 bits per heavy atom. The second kappa shape index (κ2) is 4.17. The number of H-pyrrole nitrogens is 1. The molecule has 4 N–H and O–H groups in total. The van der Waals surface area contributed by atoms with Crippen molar-refractivity contribution in [2.24, 2.45) is 5.73 Å². The Bertz CT molecular complexity index is 580. The maximum absolute atomic E-state index is 10.8. The predicted octanol–water partition coefficient (Wildman–Crippen LogP) is 0.205. The number of carbonyl (C=O) groups is 1. The highest BCUT2D eigenvalue weighted by Crippen LogP contribution is 2.25. The highest BCUT2D eigenvalue weighted by atomic mass is 16.2. The first-order chi connectivity index (χ1) is 8.74. The first-order valence-corrected chi connectivity index (χ1v) is 5.83. The molecule has 2 aromatic heterocycles. The minimum atomic E-state index is -0.476. The van der Waals surface area contributed by atoms with Gasteiger partial charge >= 0.3 is 6.03 Å². The zero-order valence-corrected chi connectivity index (χ0v) is 9.76. The topological polar surface area (TPSA) is 99.9 Å². The van der Waals surface area contributed by atoms with Crippen LogP contribution in [0.3, 0.4) is 0 Å². The lowest BCUT2D eigenvalue weighted by Gasteiger charge is -2.18. The number of rotatable bonds is 2. The van der Waals surface area contributed by atoms with Crippen LogP contribution in [-0.2, 0) is 0 Å². The summed E-state index contributed by atoms with van der Waals surface area (Å²) in [5, 5.41) is 3.73. The van der Waals surface area contributed by atoms with E-state index in [9.17, 15) is 4.79 Å². The van der Waals surface area contributed by atoms with Gasteiger partial charge in [0.15, 0.2) is 0 Å². The first-order valence-electron chi connectivity index (χ1n) is 5.83. The van der Waals surface area contributed by atoms with Crippen molar-refractivity contribution in [3.05, 3.63) is 18.6 Å². The van der Waals surface area contributed by atoms with Gasteiger partial charge in [0.2, 0.25) is 0 Å². The molecular formula is C11H14N6O. The normalized spacial score (nSPS) is 19.3. The molecule has 0 saturated carbocycles. The molecule has 0 radical (unpaired) electrons. The summed E-state index contributed by atoms with van der Waals surface area (Å²) in [6.45, 7) is 1.57. The summed E-state index contributed by atoms with van der Waals surface area (Å²) in [6, 6.07) is 1.57. The zero-order chi connectivity index (χ0) is 12.5. The lowest BCUT2D eigenvalue weighted by atomic mass is 10.3. The van der Waals surface area contributed by atoms with Crippen molar-refractivity contribution in [1.29, 1.82) is 0 Å². The summed E-state index contributed by atoms with van der Waals surface area (Å²) < 4.78 is 0. The van der Waals surface area contributed by atoms with E-state index in [0.29, 0.717) is 0 Å². The number of hydrogen-bond acceptors (Lipinski definition) is 4. The van der Waals surface area contributed by atoms with Crippen LogP contribution >= 0.6 is 0 Å². The van der Waals surface area contributed by atoms with Gasteiger partial charge in [-0.25, -0.2) is 14.8 Å². The van der Waals surface area contributed by atoms with Crippen LogP contribution < -0.4 is 16.0 Å². The quantitative estimate of drug-likeness (QED) is 0.705. The molecule has 3 heterocycles. The van der Waals surface area contributed by atoms with Crippen molar-refractivity contribution in [3.8, 4) is 0 Å². The van der Waals surface area contributed by atoms with Gasteiger partial charge < -0.3 is 20.9 Å². The molecule has 2 amide bonds. The maximum atomic E-state index is 10.8. The number of aromatic nitrogens is 3. The fourth-order valence-electron chi connectivity index (χ4n) is 2.38. The summed E-state index contributed by atoms with van der Waals surface area (Å²) in [6.07, 6.45) is 4.26. The molecule has 1 unspecified atom stereocenters. The average molecular weight is 246 g/mol. The molecule has 0 bridgehead atoms. The number of aromatic amines is 1. The zero-order valence-electron chi connectivity index (χ0n) is 9.76. The third-order valence-electron chi connectivity index (χ3n) is 3.17. The molecule has 18 heavy (non-hydrogen) atoms. The molecule has 94 valence electrons. The largest absolute Gasteiger partial charge is 0.354 e. The molecule has 1 aliphatic rings. The average Bonchev–Trinajstić information content (AvgIpc) is 2.95. The summed E-state index contributed by atoms with van der Waals surface area (Å²) in [5.74, 6) is 0.898. The molecule has 1 fully saturated rings. The van der Waals surface area contributed by atoms with E-state index < -0.39 is 6.03 Å². The maximum Gasteiger partial charge on any atom is 0.312 e. The van der Waals surface area contributed by atoms with Crippen molar-refractivity contribution < 1.29 is 4.79 Å². The highest BCUT2D eigenvalue weighted by Gasteiger charge is 2.25. The standard InChI is InChI=1S/C11H14N6O/c12-11(18)16-7-2-4-17(5-7)10-8-1-3-13-9(8)14-6-15-10/h1,3,6-7H,2,4-5H2,(H3,12,16,18)(H,13,14,15). The fraction of sp³-hybridized carbons (Fsp3) is 0.364. The Labute approximate surface area is 103 Å². The van der Waals surface area contributed by atoms with Crippen molar-refractivity contribution in [3.63, 3.8) is 0 Å². The van der Waals surface area contributed by atoms with E-state index in [2.05, 4.69) is 25.2 Å². The number of primary amides is 1. The van der Waals surface area contributed by atoms with Crippen LogP contribution in [0.15, 0.2) is 18.6 Å². The Morgan fingerprint density at radius 1 is 1.56 bits per heavy atom. The number of hydrogen-bond donors (Lipinski definition) is 3. The van der Waals surface area contributed by atoms with E-state index in [4.69, 9.17) is 5.73 Å². The summed E-state index contributed by atoms with van der Waals surface area (Å²) in [5.41, 5.74) is 5.96. The lowest BCUT2D eigenvalue weighted by Crippen LogP contribution is -2.40. The van der Waals surface area contributed by atoms with E-state index in [1.165, 1.54) is 0 Å². The van der Waals surface area contributed by atoms with Gasteiger partial charge in [0, 0.05) is 25.3 Å². The van der Waals surface area contributed by atoms with E-state index in [1.54, 1.807) is 6.33 Å². The smallest absolute Gasteiger partial charge is 0.312 e. The highest BCUT2D eigenvalue weighted by molar-refractivity contribution is 5.87. The van der Waals surface area contributed by atoms with Gasteiger partial charge in [-0.3, -0.25) is 0 Å². The predicted molar refractivity (Wildman–Crippen MR) is 67.2 cm³/mol. The molecule has 1 atom stereocenters. The Morgan fingerprint density at radius 2 is 2.44 bits per heavy atom. The van der Waals surface area contributed by atoms with E-state index in [1.807, 2.05) is 12.3 Å². The van der Waals surface area contributed by atoms with Crippen molar-refractivity contribution in [1.82, 2.24) is 20.3 Å². The number of anilines is 1. The van der Waals surface area contributed by atoms with Crippen molar-refractivity contribution in [2.75, 3.05) is 18.0 Å². The van der Waals surface area contributed by atoms with E-state index in [-0.39, 0.29) is 6.04 Å². The molecule has 7 nitrogen and oxygen atoms in total. The van der Waals surface area contributed by atoms with Gasteiger partial charge in [-0.2, -0.15) is 0 Å².